The smallest absolute Gasteiger partial charge is 0.293 e. The van der Waals surface area contributed by atoms with Crippen LogP contribution in [0.15, 0.2) is 0 Å². The average molecular weight is 186 g/mol. The van der Waals surface area contributed by atoms with Gasteiger partial charge in [0.1, 0.15) is 0 Å². The third-order valence-corrected chi connectivity index (χ3v) is 1.97. The molecular formula is C11H22O2. The van der Waals surface area contributed by atoms with Crippen LogP contribution in [0.1, 0.15) is 47.5 Å². The number of carbonyl (C=O) groups excluding carboxylic acids is 1. The lowest BCUT2D eigenvalue weighted by Gasteiger charge is -2.32. The van der Waals surface area contributed by atoms with Crippen molar-refractivity contribution in [2.45, 2.75) is 47.5 Å². The van der Waals surface area contributed by atoms with E-state index < -0.39 is 0 Å². The van der Waals surface area contributed by atoms with Crippen LogP contribution < -0.4 is 0 Å². The Hall–Kier alpha value is -0.530. The van der Waals surface area contributed by atoms with Crippen LogP contribution in [0.25, 0.3) is 0 Å². The Morgan fingerprint density at radius 2 is 1.69 bits per heavy atom. The Morgan fingerprint density at radius 3 is 2.08 bits per heavy atom. The van der Waals surface area contributed by atoms with Gasteiger partial charge in [-0.05, 0) is 23.7 Å². The van der Waals surface area contributed by atoms with Crippen molar-refractivity contribution in [3.8, 4) is 0 Å². The molecule has 0 rings (SSSR count). The van der Waals surface area contributed by atoms with Gasteiger partial charge in [-0.15, -0.1) is 0 Å². The molecule has 2 heteroatoms. The van der Waals surface area contributed by atoms with Gasteiger partial charge in [0.15, 0.2) is 0 Å². The minimum absolute atomic E-state index is 0.251. The van der Waals surface area contributed by atoms with Gasteiger partial charge in [0.2, 0.25) is 0 Å². The normalized spacial score (nSPS) is 12.7. The lowest BCUT2D eigenvalue weighted by Crippen LogP contribution is -2.22. The summed E-state index contributed by atoms with van der Waals surface area (Å²) in [6, 6.07) is 0. The van der Waals surface area contributed by atoms with Crippen molar-refractivity contribution in [2.24, 2.45) is 10.8 Å². The highest BCUT2D eigenvalue weighted by Gasteiger charge is 2.25. The molecule has 0 aliphatic rings. The molecule has 0 bridgehead atoms. The monoisotopic (exact) mass is 186 g/mol. The van der Waals surface area contributed by atoms with Gasteiger partial charge < -0.3 is 4.74 Å². The van der Waals surface area contributed by atoms with Crippen LogP contribution >= 0.6 is 0 Å². The molecule has 0 aromatic rings. The summed E-state index contributed by atoms with van der Waals surface area (Å²) in [5, 5.41) is 0. The summed E-state index contributed by atoms with van der Waals surface area (Å²) in [5.74, 6) is 0. The van der Waals surface area contributed by atoms with E-state index in [1.54, 1.807) is 0 Å². The predicted molar refractivity (Wildman–Crippen MR) is 54.5 cm³/mol. The van der Waals surface area contributed by atoms with E-state index in [4.69, 9.17) is 4.74 Å². The van der Waals surface area contributed by atoms with Crippen molar-refractivity contribution in [3.63, 3.8) is 0 Å². The van der Waals surface area contributed by atoms with Gasteiger partial charge in [-0.2, -0.15) is 0 Å². The summed E-state index contributed by atoms with van der Waals surface area (Å²) in [6.45, 7) is 12.2. The first-order chi connectivity index (χ1) is 5.77. The van der Waals surface area contributed by atoms with E-state index in [1.807, 2.05) is 0 Å². The van der Waals surface area contributed by atoms with Crippen molar-refractivity contribution < 1.29 is 9.53 Å². The topological polar surface area (TPSA) is 26.3 Å². The fourth-order valence-corrected chi connectivity index (χ4v) is 1.91. The molecule has 0 heterocycles. The zero-order valence-electron chi connectivity index (χ0n) is 9.52. The molecule has 0 unspecified atom stereocenters. The first-order valence-corrected chi connectivity index (χ1v) is 4.82. The molecular weight excluding hydrogens is 164 g/mol. The highest BCUT2D eigenvalue weighted by Crippen LogP contribution is 2.35. The molecule has 0 N–H and O–H groups in total. The number of hydrogen-bond donors (Lipinski definition) is 0. The lowest BCUT2D eigenvalue weighted by atomic mass is 9.75. The number of rotatable bonds is 5. The zero-order valence-corrected chi connectivity index (χ0v) is 9.52. The highest BCUT2D eigenvalue weighted by atomic mass is 16.5. The van der Waals surface area contributed by atoms with Crippen LogP contribution in [0.3, 0.4) is 0 Å². The maximum atomic E-state index is 9.95. The van der Waals surface area contributed by atoms with Crippen LogP contribution in [0.5, 0.6) is 0 Å². The zero-order chi connectivity index (χ0) is 10.5. The second-order valence-electron chi connectivity index (χ2n) is 5.62. The lowest BCUT2D eigenvalue weighted by molar-refractivity contribution is -0.129. The van der Waals surface area contributed by atoms with Gasteiger partial charge in [0.05, 0.1) is 6.61 Å². The van der Waals surface area contributed by atoms with E-state index in [2.05, 4.69) is 34.6 Å². The van der Waals surface area contributed by atoms with E-state index in [9.17, 15) is 4.79 Å². The Labute approximate surface area is 81.7 Å². The van der Waals surface area contributed by atoms with Crippen LogP contribution in [0.4, 0.5) is 0 Å². The summed E-state index contributed by atoms with van der Waals surface area (Å²) in [4.78, 5) is 9.95. The van der Waals surface area contributed by atoms with Crippen molar-refractivity contribution in [3.05, 3.63) is 0 Å². The van der Waals surface area contributed by atoms with Crippen molar-refractivity contribution in [1.29, 1.82) is 0 Å². The maximum absolute atomic E-state index is 9.95. The average Bonchev–Trinajstić information content (AvgIpc) is 1.81. The third kappa shape index (κ3) is 7.82. The van der Waals surface area contributed by atoms with Crippen molar-refractivity contribution in [2.75, 3.05) is 6.61 Å². The Kier molecular flexibility index (Phi) is 4.45. The number of carbonyl (C=O) groups is 1. The van der Waals surface area contributed by atoms with E-state index in [0.717, 1.165) is 12.8 Å². The molecule has 0 aliphatic heterocycles. The van der Waals surface area contributed by atoms with Crippen LogP contribution in [-0.2, 0) is 9.53 Å². The highest BCUT2D eigenvalue weighted by molar-refractivity contribution is 5.36. The number of hydrogen-bond acceptors (Lipinski definition) is 2. The minimum atomic E-state index is 0.251. The SMILES string of the molecule is CC(C)(C)CC(C)(C)CCOC=O. The summed E-state index contributed by atoms with van der Waals surface area (Å²) in [6.07, 6.45) is 2.07. The standard InChI is InChI=1S/C11H22O2/c1-10(2,3)8-11(4,5)6-7-13-9-12/h9H,6-8H2,1-5H3. The summed E-state index contributed by atoms with van der Waals surface area (Å²) in [7, 11) is 0. The molecule has 0 saturated carbocycles. The van der Waals surface area contributed by atoms with Gasteiger partial charge in [0, 0.05) is 0 Å². The molecule has 0 spiro atoms. The summed E-state index contributed by atoms with van der Waals surface area (Å²) >= 11 is 0. The Morgan fingerprint density at radius 1 is 1.15 bits per heavy atom. The van der Waals surface area contributed by atoms with Gasteiger partial charge in [0.25, 0.3) is 6.47 Å². The molecule has 0 fully saturated rings. The third-order valence-electron chi connectivity index (χ3n) is 1.97. The van der Waals surface area contributed by atoms with Crippen LogP contribution in [0.2, 0.25) is 0 Å². The first kappa shape index (κ1) is 12.5. The molecule has 0 aliphatic carbocycles. The molecule has 78 valence electrons. The Bertz CT molecular complexity index is 154. The minimum Gasteiger partial charge on any atom is -0.468 e. The van der Waals surface area contributed by atoms with Crippen molar-refractivity contribution >= 4 is 6.47 Å². The van der Waals surface area contributed by atoms with Gasteiger partial charge in [-0.25, -0.2) is 0 Å². The van der Waals surface area contributed by atoms with Crippen LogP contribution in [-0.4, -0.2) is 13.1 Å². The van der Waals surface area contributed by atoms with E-state index in [0.29, 0.717) is 18.5 Å². The number of ether oxygens (including phenoxy) is 1. The molecule has 2 nitrogen and oxygen atoms in total. The van der Waals surface area contributed by atoms with Gasteiger partial charge in [-0.1, -0.05) is 34.6 Å². The fourth-order valence-electron chi connectivity index (χ4n) is 1.91. The molecule has 0 amide bonds. The van der Waals surface area contributed by atoms with Crippen LogP contribution in [0, 0.1) is 10.8 Å². The second kappa shape index (κ2) is 4.64. The quantitative estimate of drug-likeness (QED) is 0.487. The molecule has 13 heavy (non-hydrogen) atoms. The largest absolute Gasteiger partial charge is 0.468 e. The predicted octanol–water partition coefficient (Wildman–Crippen LogP) is 3.01. The van der Waals surface area contributed by atoms with E-state index in [-0.39, 0.29) is 5.41 Å². The molecule has 0 saturated heterocycles. The van der Waals surface area contributed by atoms with E-state index >= 15 is 0 Å². The van der Waals surface area contributed by atoms with Gasteiger partial charge >= 0.3 is 0 Å². The van der Waals surface area contributed by atoms with E-state index in [1.165, 1.54) is 0 Å². The molecule has 0 radical (unpaired) electrons. The maximum Gasteiger partial charge on any atom is 0.293 e. The first-order valence-electron chi connectivity index (χ1n) is 4.82. The fraction of sp³-hybridized carbons (Fsp3) is 0.909. The van der Waals surface area contributed by atoms with Gasteiger partial charge in [-0.3, -0.25) is 4.79 Å². The molecule has 0 aromatic heterocycles. The second-order valence-corrected chi connectivity index (χ2v) is 5.62. The molecule has 0 atom stereocenters. The van der Waals surface area contributed by atoms with Crippen molar-refractivity contribution in [1.82, 2.24) is 0 Å². The summed E-state index contributed by atoms with van der Waals surface area (Å²) in [5.41, 5.74) is 0.589. The molecule has 0 aromatic carbocycles. The summed E-state index contributed by atoms with van der Waals surface area (Å²) < 4.78 is 4.70. The Balaban J connectivity index is 3.86.